The number of hydrogen-bond donors (Lipinski definition) is 1. The Morgan fingerprint density at radius 1 is 1.24 bits per heavy atom. The maximum atomic E-state index is 12.1. The fourth-order valence-corrected chi connectivity index (χ4v) is 2.41. The van der Waals surface area contributed by atoms with Crippen LogP contribution in [0.4, 0.5) is 5.69 Å². The molecule has 1 aliphatic rings. The number of rotatable bonds is 4. The van der Waals surface area contributed by atoms with Gasteiger partial charge in [-0.2, -0.15) is 0 Å². The van der Waals surface area contributed by atoms with Crippen molar-refractivity contribution in [3.8, 4) is 5.75 Å². The van der Waals surface area contributed by atoms with Crippen molar-refractivity contribution >= 4 is 11.7 Å². The average molecular weight is 283 g/mol. The molecule has 0 spiro atoms. The van der Waals surface area contributed by atoms with Crippen LogP contribution in [0.1, 0.15) is 21.5 Å². The third-order valence-corrected chi connectivity index (χ3v) is 3.56. The maximum Gasteiger partial charge on any atom is 0.338 e. The molecule has 0 atom stereocenters. The highest BCUT2D eigenvalue weighted by atomic mass is 16.5. The number of methoxy groups -OCH3 is 1. The van der Waals surface area contributed by atoms with Gasteiger partial charge in [-0.3, -0.25) is 0 Å². The highest BCUT2D eigenvalue weighted by Gasteiger charge is 2.14. The van der Waals surface area contributed by atoms with E-state index in [1.807, 2.05) is 42.5 Å². The van der Waals surface area contributed by atoms with Crippen molar-refractivity contribution in [1.82, 2.24) is 0 Å². The molecule has 108 valence electrons. The van der Waals surface area contributed by atoms with Crippen LogP contribution >= 0.6 is 0 Å². The van der Waals surface area contributed by atoms with Crippen LogP contribution in [0.5, 0.6) is 5.75 Å². The standard InChI is InChI=1S/C17H17NO3/c1-20-15-4-2-3-12(9-15)11-21-17(19)14-6-5-13-7-8-18-16(13)10-14/h2-6,9-10,18H,7-8,11H2,1H3. The van der Waals surface area contributed by atoms with Crippen molar-refractivity contribution in [3.05, 3.63) is 59.2 Å². The predicted molar refractivity (Wildman–Crippen MR) is 80.7 cm³/mol. The Balaban J connectivity index is 1.66. The summed E-state index contributed by atoms with van der Waals surface area (Å²) in [7, 11) is 1.61. The first kappa shape index (κ1) is 13.5. The highest BCUT2D eigenvalue weighted by Crippen LogP contribution is 2.23. The first-order valence-corrected chi connectivity index (χ1v) is 6.93. The van der Waals surface area contributed by atoms with Gasteiger partial charge >= 0.3 is 5.97 Å². The van der Waals surface area contributed by atoms with Gasteiger partial charge in [0.15, 0.2) is 0 Å². The van der Waals surface area contributed by atoms with Crippen LogP contribution in [-0.4, -0.2) is 19.6 Å². The molecule has 4 heteroatoms. The van der Waals surface area contributed by atoms with Gasteiger partial charge in [0, 0.05) is 12.2 Å². The second kappa shape index (κ2) is 5.87. The summed E-state index contributed by atoms with van der Waals surface area (Å²) in [5.74, 6) is 0.444. The fourth-order valence-electron chi connectivity index (χ4n) is 2.41. The molecule has 1 heterocycles. The molecule has 0 unspecified atom stereocenters. The summed E-state index contributed by atoms with van der Waals surface area (Å²) in [6, 6.07) is 13.2. The molecular weight excluding hydrogens is 266 g/mol. The highest BCUT2D eigenvalue weighted by molar-refractivity contribution is 5.91. The molecule has 0 fully saturated rings. The summed E-state index contributed by atoms with van der Waals surface area (Å²) in [4.78, 5) is 12.1. The lowest BCUT2D eigenvalue weighted by Gasteiger charge is -2.08. The van der Waals surface area contributed by atoms with E-state index in [0.29, 0.717) is 5.56 Å². The van der Waals surface area contributed by atoms with Crippen molar-refractivity contribution in [2.75, 3.05) is 19.0 Å². The Labute approximate surface area is 123 Å². The molecule has 0 saturated carbocycles. The Hall–Kier alpha value is -2.49. The second-order valence-electron chi connectivity index (χ2n) is 4.98. The maximum absolute atomic E-state index is 12.1. The van der Waals surface area contributed by atoms with E-state index in [4.69, 9.17) is 9.47 Å². The minimum atomic E-state index is -0.311. The normalized spacial score (nSPS) is 12.4. The van der Waals surface area contributed by atoms with Crippen LogP contribution in [0.15, 0.2) is 42.5 Å². The van der Waals surface area contributed by atoms with Crippen molar-refractivity contribution < 1.29 is 14.3 Å². The van der Waals surface area contributed by atoms with Crippen molar-refractivity contribution in [1.29, 1.82) is 0 Å². The minimum absolute atomic E-state index is 0.237. The molecule has 0 aromatic heterocycles. The van der Waals surface area contributed by atoms with Crippen LogP contribution in [0.25, 0.3) is 0 Å². The quantitative estimate of drug-likeness (QED) is 0.876. The average Bonchev–Trinajstić information content (AvgIpc) is 3.00. The smallest absolute Gasteiger partial charge is 0.338 e. The molecule has 2 aromatic carbocycles. The van der Waals surface area contributed by atoms with E-state index in [0.717, 1.165) is 30.0 Å². The van der Waals surface area contributed by atoms with E-state index in [-0.39, 0.29) is 12.6 Å². The number of carbonyl (C=O) groups excluding carboxylic acids is 1. The summed E-state index contributed by atoms with van der Waals surface area (Å²) in [5, 5.41) is 3.26. The van der Waals surface area contributed by atoms with Crippen LogP contribution < -0.4 is 10.1 Å². The third kappa shape index (κ3) is 2.99. The molecule has 0 aliphatic carbocycles. The number of anilines is 1. The van der Waals surface area contributed by atoms with Crippen molar-refractivity contribution in [2.24, 2.45) is 0 Å². The van der Waals surface area contributed by atoms with Crippen LogP contribution in [0.2, 0.25) is 0 Å². The van der Waals surface area contributed by atoms with Crippen molar-refractivity contribution in [3.63, 3.8) is 0 Å². The Morgan fingerprint density at radius 2 is 2.14 bits per heavy atom. The van der Waals surface area contributed by atoms with Gasteiger partial charge < -0.3 is 14.8 Å². The number of nitrogens with one attached hydrogen (secondary N) is 1. The van der Waals surface area contributed by atoms with Gasteiger partial charge in [0.1, 0.15) is 12.4 Å². The minimum Gasteiger partial charge on any atom is -0.497 e. The van der Waals surface area contributed by atoms with Crippen LogP contribution in [-0.2, 0) is 17.8 Å². The van der Waals surface area contributed by atoms with Gasteiger partial charge in [-0.05, 0) is 41.8 Å². The molecule has 3 rings (SSSR count). The fraction of sp³-hybridized carbons (Fsp3) is 0.235. The van der Waals surface area contributed by atoms with E-state index in [1.54, 1.807) is 7.11 Å². The number of hydrogen-bond acceptors (Lipinski definition) is 4. The molecular formula is C17H17NO3. The van der Waals surface area contributed by atoms with E-state index in [2.05, 4.69) is 5.32 Å². The molecule has 1 N–H and O–H groups in total. The monoisotopic (exact) mass is 283 g/mol. The zero-order chi connectivity index (χ0) is 14.7. The Bertz CT molecular complexity index is 667. The number of ether oxygens (including phenoxy) is 2. The molecule has 0 bridgehead atoms. The topological polar surface area (TPSA) is 47.6 Å². The second-order valence-corrected chi connectivity index (χ2v) is 4.98. The molecule has 2 aromatic rings. The lowest BCUT2D eigenvalue weighted by Crippen LogP contribution is -2.05. The SMILES string of the molecule is COc1cccc(COC(=O)c2ccc3c(c2)NCC3)c1. The van der Waals surface area contributed by atoms with Gasteiger partial charge in [-0.1, -0.05) is 18.2 Å². The van der Waals surface area contributed by atoms with E-state index < -0.39 is 0 Å². The Morgan fingerprint density at radius 3 is 3.00 bits per heavy atom. The first-order valence-electron chi connectivity index (χ1n) is 6.93. The van der Waals surface area contributed by atoms with Gasteiger partial charge in [-0.15, -0.1) is 0 Å². The number of fused-ring (bicyclic) bond motifs is 1. The van der Waals surface area contributed by atoms with Crippen molar-refractivity contribution in [2.45, 2.75) is 13.0 Å². The van der Waals surface area contributed by atoms with Gasteiger partial charge in [-0.25, -0.2) is 4.79 Å². The Kier molecular flexibility index (Phi) is 3.77. The van der Waals surface area contributed by atoms with Gasteiger partial charge in [0.25, 0.3) is 0 Å². The summed E-state index contributed by atoms with van der Waals surface area (Å²) in [6.07, 6.45) is 1.01. The largest absolute Gasteiger partial charge is 0.497 e. The zero-order valence-corrected chi connectivity index (χ0v) is 11.9. The van der Waals surface area contributed by atoms with Gasteiger partial charge in [0.05, 0.1) is 12.7 Å². The number of esters is 1. The number of benzene rings is 2. The van der Waals surface area contributed by atoms with Crippen LogP contribution in [0.3, 0.4) is 0 Å². The summed E-state index contributed by atoms with van der Waals surface area (Å²) >= 11 is 0. The van der Waals surface area contributed by atoms with Gasteiger partial charge in [0.2, 0.25) is 0 Å². The lowest BCUT2D eigenvalue weighted by atomic mass is 10.1. The summed E-state index contributed by atoms with van der Waals surface area (Å²) in [6.45, 7) is 1.16. The molecule has 21 heavy (non-hydrogen) atoms. The molecule has 4 nitrogen and oxygen atoms in total. The zero-order valence-electron chi connectivity index (χ0n) is 11.9. The van der Waals surface area contributed by atoms with E-state index >= 15 is 0 Å². The van der Waals surface area contributed by atoms with E-state index in [1.165, 1.54) is 5.56 Å². The first-order chi connectivity index (χ1) is 10.3. The molecule has 0 radical (unpaired) electrons. The predicted octanol–water partition coefficient (Wildman–Crippen LogP) is 3.02. The summed E-state index contributed by atoms with van der Waals surface area (Å²) < 4.78 is 10.5. The van der Waals surface area contributed by atoms with Crippen LogP contribution in [0, 0.1) is 0 Å². The molecule has 0 saturated heterocycles. The lowest BCUT2D eigenvalue weighted by molar-refractivity contribution is 0.0472. The number of carbonyl (C=O) groups is 1. The van der Waals surface area contributed by atoms with E-state index in [9.17, 15) is 4.79 Å². The third-order valence-electron chi connectivity index (χ3n) is 3.56. The summed E-state index contributed by atoms with van der Waals surface area (Å²) in [5.41, 5.74) is 3.76. The molecule has 0 amide bonds. The molecule has 1 aliphatic heterocycles.